The molecule has 3 unspecified atom stereocenters. The topological polar surface area (TPSA) is 93.1 Å². The second-order valence-corrected chi connectivity index (χ2v) is 8.63. The fourth-order valence-corrected chi connectivity index (χ4v) is 4.02. The first kappa shape index (κ1) is 17.4. The standard InChI is InChI=1S/C14H15Cl2O6P/c15-10-5-2-1-4-9(10)12-13(7-3-6-11(13)17)8-21-14(16,22-12)23(18,19)20/h1-2,4-5,12H,3,6-8H2,(H2,18,19,20). The summed E-state index contributed by atoms with van der Waals surface area (Å²) < 4.78 is 22.3. The number of hydrogen-bond donors (Lipinski definition) is 2. The Hall–Kier alpha value is -0.460. The van der Waals surface area contributed by atoms with Crippen molar-refractivity contribution in [3.05, 3.63) is 34.9 Å². The molecule has 2 fully saturated rings. The Kier molecular flexibility index (Phi) is 4.39. The molecule has 1 aliphatic carbocycles. The number of rotatable bonds is 2. The normalized spacial score (nSPS) is 35.0. The zero-order valence-corrected chi connectivity index (χ0v) is 14.4. The molecule has 23 heavy (non-hydrogen) atoms. The van der Waals surface area contributed by atoms with Gasteiger partial charge >= 0.3 is 12.6 Å². The molecule has 1 saturated carbocycles. The Morgan fingerprint density at radius 2 is 2.00 bits per heavy atom. The van der Waals surface area contributed by atoms with E-state index in [1.807, 2.05) is 0 Å². The SMILES string of the molecule is O=C1CCCC12COC(Cl)(P(=O)(O)O)OC2c1ccccc1Cl. The number of carbonyl (C=O) groups is 1. The first-order chi connectivity index (χ1) is 10.7. The fourth-order valence-electron chi connectivity index (χ4n) is 3.17. The van der Waals surface area contributed by atoms with E-state index < -0.39 is 24.1 Å². The summed E-state index contributed by atoms with van der Waals surface area (Å²) >= 11 is 12.1. The van der Waals surface area contributed by atoms with Crippen molar-refractivity contribution in [1.82, 2.24) is 0 Å². The van der Waals surface area contributed by atoms with E-state index in [0.717, 1.165) is 0 Å². The van der Waals surface area contributed by atoms with Gasteiger partial charge in [-0.2, -0.15) is 0 Å². The lowest BCUT2D eigenvalue weighted by molar-refractivity contribution is -0.256. The molecule has 0 aromatic heterocycles. The maximum Gasteiger partial charge on any atom is 0.401 e. The molecule has 2 N–H and O–H groups in total. The Balaban J connectivity index is 2.10. The minimum Gasteiger partial charge on any atom is -0.326 e. The highest BCUT2D eigenvalue weighted by Gasteiger charge is 2.62. The Labute approximate surface area is 142 Å². The molecule has 1 saturated heterocycles. The van der Waals surface area contributed by atoms with Gasteiger partial charge in [-0.25, -0.2) is 0 Å². The number of hydrogen-bond acceptors (Lipinski definition) is 4. The van der Waals surface area contributed by atoms with Gasteiger partial charge in [0.1, 0.15) is 11.9 Å². The van der Waals surface area contributed by atoms with E-state index in [2.05, 4.69) is 0 Å². The van der Waals surface area contributed by atoms with Crippen LogP contribution in [0.15, 0.2) is 24.3 Å². The summed E-state index contributed by atoms with van der Waals surface area (Å²) in [6, 6.07) is 6.70. The minimum atomic E-state index is -4.94. The van der Waals surface area contributed by atoms with Gasteiger partial charge < -0.3 is 19.3 Å². The van der Waals surface area contributed by atoms with Crippen LogP contribution in [-0.2, 0) is 18.8 Å². The maximum absolute atomic E-state index is 12.5. The minimum absolute atomic E-state index is 0.0770. The summed E-state index contributed by atoms with van der Waals surface area (Å²) in [6.07, 6.45) is 0.511. The van der Waals surface area contributed by atoms with Gasteiger partial charge in [0.25, 0.3) is 0 Å². The summed E-state index contributed by atoms with van der Waals surface area (Å²) in [6.45, 7) is -0.226. The largest absolute Gasteiger partial charge is 0.401 e. The molecule has 1 spiro atoms. The van der Waals surface area contributed by atoms with E-state index in [-0.39, 0.29) is 12.4 Å². The van der Waals surface area contributed by atoms with Gasteiger partial charge in [-0.05, 0) is 30.5 Å². The fraction of sp³-hybridized carbons (Fsp3) is 0.500. The average Bonchev–Trinajstić information content (AvgIpc) is 2.83. The van der Waals surface area contributed by atoms with E-state index in [1.165, 1.54) is 0 Å². The van der Waals surface area contributed by atoms with E-state index >= 15 is 0 Å². The molecular formula is C14H15Cl2O6P. The summed E-state index contributed by atoms with van der Waals surface area (Å²) in [5, 5.41) is 0.336. The van der Waals surface area contributed by atoms with Crippen LogP contribution in [0.3, 0.4) is 0 Å². The van der Waals surface area contributed by atoms with Crippen molar-refractivity contribution < 1.29 is 28.6 Å². The molecule has 0 radical (unpaired) electrons. The second kappa shape index (κ2) is 5.81. The van der Waals surface area contributed by atoms with Crippen molar-refractivity contribution in [2.24, 2.45) is 5.41 Å². The maximum atomic E-state index is 12.5. The number of Topliss-reactive ketones (excluding diaryl/α,β-unsaturated/α-hetero) is 1. The van der Waals surface area contributed by atoms with Gasteiger partial charge in [0.2, 0.25) is 0 Å². The number of benzene rings is 1. The van der Waals surface area contributed by atoms with Crippen molar-refractivity contribution >= 4 is 36.6 Å². The van der Waals surface area contributed by atoms with Crippen LogP contribution in [0.1, 0.15) is 30.9 Å². The lowest BCUT2D eigenvalue weighted by Gasteiger charge is -2.46. The molecule has 1 aromatic rings. The van der Waals surface area contributed by atoms with Crippen LogP contribution < -0.4 is 0 Å². The highest BCUT2D eigenvalue weighted by molar-refractivity contribution is 7.55. The Morgan fingerprint density at radius 3 is 2.57 bits per heavy atom. The predicted molar refractivity (Wildman–Crippen MR) is 83.1 cm³/mol. The van der Waals surface area contributed by atoms with Crippen LogP contribution in [0.4, 0.5) is 0 Å². The van der Waals surface area contributed by atoms with Gasteiger partial charge in [-0.15, -0.1) is 0 Å². The number of halogens is 2. The number of alkyl halides is 1. The molecule has 126 valence electrons. The quantitative estimate of drug-likeness (QED) is 0.604. The van der Waals surface area contributed by atoms with E-state index in [4.69, 9.17) is 32.7 Å². The summed E-state index contributed by atoms with van der Waals surface area (Å²) in [5.41, 5.74) is -0.565. The van der Waals surface area contributed by atoms with E-state index in [9.17, 15) is 19.1 Å². The molecule has 6 nitrogen and oxygen atoms in total. The zero-order chi connectivity index (χ0) is 16.9. The smallest absolute Gasteiger partial charge is 0.326 e. The lowest BCUT2D eigenvalue weighted by Crippen LogP contribution is -2.50. The second-order valence-electron chi connectivity index (χ2n) is 5.79. The van der Waals surface area contributed by atoms with Gasteiger partial charge in [0.05, 0.1) is 12.0 Å². The van der Waals surface area contributed by atoms with E-state index in [1.54, 1.807) is 24.3 Å². The third-order valence-electron chi connectivity index (χ3n) is 4.39. The monoisotopic (exact) mass is 380 g/mol. The van der Waals surface area contributed by atoms with Crippen LogP contribution in [0.2, 0.25) is 5.02 Å². The highest BCUT2D eigenvalue weighted by Crippen LogP contribution is 2.63. The summed E-state index contributed by atoms with van der Waals surface area (Å²) in [5.74, 6) is -0.0770. The van der Waals surface area contributed by atoms with Crippen LogP contribution in [-0.4, -0.2) is 27.2 Å². The van der Waals surface area contributed by atoms with Crippen LogP contribution in [0.5, 0.6) is 0 Å². The van der Waals surface area contributed by atoms with Gasteiger partial charge in [0, 0.05) is 17.0 Å². The van der Waals surface area contributed by atoms with Crippen molar-refractivity contribution in [3.8, 4) is 0 Å². The van der Waals surface area contributed by atoms with Crippen LogP contribution in [0.25, 0.3) is 0 Å². The van der Waals surface area contributed by atoms with Crippen LogP contribution in [0, 0.1) is 5.41 Å². The molecule has 9 heteroatoms. The molecule has 1 aromatic carbocycles. The molecule has 2 aliphatic rings. The molecule has 3 rings (SSSR count). The zero-order valence-electron chi connectivity index (χ0n) is 11.9. The molecule has 0 amide bonds. The third kappa shape index (κ3) is 2.76. The van der Waals surface area contributed by atoms with Gasteiger partial charge in [-0.3, -0.25) is 9.36 Å². The molecule has 1 aliphatic heterocycles. The first-order valence-electron chi connectivity index (χ1n) is 7.04. The van der Waals surface area contributed by atoms with Crippen molar-refractivity contribution in [2.75, 3.05) is 6.61 Å². The van der Waals surface area contributed by atoms with Crippen molar-refractivity contribution in [2.45, 2.75) is 30.4 Å². The molecular weight excluding hydrogens is 366 g/mol. The van der Waals surface area contributed by atoms with Crippen molar-refractivity contribution in [1.29, 1.82) is 0 Å². The molecule has 3 atom stereocenters. The predicted octanol–water partition coefficient (Wildman–Crippen LogP) is 3.20. The number of carbonyl (C=O) groups excluding carboxylic acids is 1. The number of ether oxygens (including phenoxy) is 2. The molecule has 0 bridgehead atoms. The lowest BCUT2D eigenvalue weighted by atomic mass is 9.76. The number of ketones is 1. The Bertz CT molecular complexity index is 692. The van der Waals surface area contributed by atoms with Gasteiger partial charge in [-0.1, -0.05) is 29.8 Å². The third-order valence-corrected chi connectivity index (χ3v) is 6.52. The summed E-state index contributed by atoms with van der Waals surface area (Å²) in [7, 11) is -4.94. The first-order valence-corrected chi connectivity index (χ1v) is 9.40. The van der Waals surface area contributed by atoms with Crippen molar-refractivity contribution in [3.63, 3.8) is 0 Å². The molecule has 1 heterocycles. The van der Waals surface area contributed by atoms with Gasteiger partial charge in [0.15, 0.2) is 0 Å². The highest BCUT2D eigenvalue weighted by atomic mass is 35.5. The van der Waals surface area contributed by atoms with Crippen LogP contribution >= 0.6 is 30.8 Å². The Morgan fingerprint density at radius 1 is 1.30 bits per heavy atom. The average molecular weight is 381 g/mol. The summed E-state index contributed by atoms with van der Waals surface area (Å²) in [4.78, 5) is 28.7. The van der Waals surface area contributed by atoms with E-state index in [0.29, 0.717) is 29.8 Å².